The van der Waals surface area contributed by atoms with Gasteiger partial charge >= 0.3 is 0 Å². The van der Waals surface area contributed by atoms with Crippen molar-refractivity contribution in [1.29, 1.82) is 0 Å². The van der Waals surface area contributed by atoms with Gasteiger partial charge in [0.1, 0.15) is 5.82 Å². The average molecular weight is 251 g/mol. The smallest absolute Gasteiger partial charge is 0.246 e. The minimum absolute atomic E-state index is 0.206. The number of nitrogens with zero attached hydrogens (tertiary/aromatic N) is 4. The van der Waals surface area contributed by atoms with Gasteiger partial charge < -0.3 is 5.32 Å². The van der Waals surface area contributed by atoms with Crippen molar-refractivity contribution in [2.24, 2.45) is 0 Å². The van der Waals surface area contributed by atoms with Crippen LogP contribution in [-0.4, -0.2) is 34.6 Å². The summed E-state index contributed by atoms with van der Waals surface area (Å²) in [6, 6.07) is 0. The van der Waals surface area contributed by atoms with Gasteiger partial charge in [-0.15, -0.1) is 0 Å². The molecule has 2 heterocycles. The molecule has 0 radical (unpaired) electrons. The lowest BCUT2D eigenvalue weighted by atomic mass is 10.5. The van der Waals surface area contributed by atoms with Crippen molar-refractivity contribution in [1.82, 2.24) is 19.9 Å². The van der Waals surface area contributed by atoms with E-state index in [2.05, 4.69) is 25.3 Å². The first-order valence-corrected chi connectivity index (χ1v) is 6.50. The van der Waals surface area contributed by atoms with Crippen LogP contribution in [0.5, 0.6) is 0 Å². The summed E-state index contributed by atoms with van der Waals surface area (Å²) in [5, 5.41) is 2.68. The molecule has 0 aromatic carbocycles. The predicted molar refractivity (Wildman–Crippen MR) is 60.5 cm³/mol. The van der Waals surface area contributed by atoms with Gasteiger partial charge in [0, 0.05) is 18.6 Å². The van der Waals surface area contributed by atoms with Gasteiger partial charge in [0.15, 0.2) is 0 Å². The highest BCUT2D eigenvalue weighted by atomic mass is 32.2. The fourth-order valence-corrected chi connectivity index (χ4v) is 1.57. The van der Waals surface area contributed by atoms with Crippen molar-refractivity contribution in [3.8, 4) is 0 Å². The molecule has 1 N–H and O–H groups in total. The molecular formula is C9H9N5O2S. The van der Waals surface area contributed by atoms with E-state index in [1.807, 2.05) is 0 Å². The van der Waals surface area contributed by atoms with Gasteiger partial charge in [-0.25, -0.2) is 23.4 Å². The molecule has 2 aromatic rings. The second kappa shape index (κ2) is 4.42. The summed E-state index contributed by atoms with van der Waals surface area (Å²) in [7, 11) is -3.37. The topological polar surface area (TPSA) is 97.7 Å². The van der Waals surface area contributed by atoms with Crippen LogP contribution in [0.2, 0.25) is 0 Å². The van der Waals surface area contributed by atoms with Gasteiger partial charge in [0.05, 0.1) is 24.3 Å². The van der Waals surface area contributed by atoms with E-state index >= 15 is 0 Å². The van der Waals surface area contributed by atoms with Gasteiger partial charge in [0.2, 0.25) is 15.0 Å². The highest BCUT2D eigenvalue weighted by molar-refractivity contribution is 7.90. The zero-order valence-electron chi connectivity index (χ0n) is 8.90. The fraction of sp³-hybridized carbons (Fsp3) is 0.111. The second-order valence-corrected chi connectivity index (χ2v) is 5.15. The maximum atomic E-state index is 11.1. The fourth-order valence-electron chi connectivity index (χ4n) is 1.08. The first kappa shape index (κ1) is 11.4. The van der Waals surface area contributed by atoms with Gasteiger partial charge in [-0.2, -0.15) is 0 Å². The summed E-state index contributed by atoms with van der Waals surface area (Å²) in [4.78, 5) is 15.3. The maximum absolute atomic E-state index is 11.1. The zero-order valence-corrected chi connectivity index (χ0v) is 9.72. The van der Waals surface area contributed by atoms with Crippen LogP contribution >= 0.6 is 0 Å². The first-order valence-electron chi connectivity index (χ1n) is 4.61. The molecule has 0 bridgehead atoms. The van der Waals surface area contributed by atoms with Crippen molar-refractivity contribution < 1.29 is 8.42 Å². The standard InChI is InChI=1S/C9H9N5O2S/c1-17(15,16)9-12-4-7(5-13-9)14-8-6-10-2-3-11-8/h2-6H,1H3,(H,11,14). The summed E-state index contributed by atoms with van der Waals surface area (Å²) in [5.41, 5.74) is 0.540. The van der Waals surface area contributed by atoms with Crippen LogP contribution in [-0.2, 0) is 9.84 Å². The highest BCUT2D eigenvalue weighted by Crippen LogP contribution is 2.11. The summed E-state index contributed by atoms with van der Waals surface area (Å²) in [6.45, 7) is 0. The molecule has 2 aromatic heterocycles. The molecule has 0 unspecified atom stereocenters. The summed E-state index contributed by atoms with van der Waals surface area (Å²) < 4.78 is 22.3. The second-order valence-electron chi connectivity index (χ2n) is 3.24. The molecule has 0 aliphatic heterocycles. The molecule has 88 valence electrons. The number of hydrogen-bond acceptors (Lipinski definition) is 7. The third-order valence-corrected chi connectivity index (χ3v) is 2.67. The Balaban J connectivity index is 2.20. The quantitative estimate of drug-likeness (QED) is 0.789. The molecule has 2 rings (SSSR count). The molecule has 0 saturated heterocycles. The van der Waals surface area contributed by atoms with E-state index in [0.29, 0.717) is 11.5 Å². The summed E-state index contributed by atoms with van der Waals surface area (Å²) in [5.74, 6) is 0.531. The van der Waals surface area contributed by atoms with E-state index in [9.17, 15) is 8.42 Å². The number of rotatable bonds is 3. The maximum Gasteiger partial charge on any atom is 0.246 e. The lowest BCUT2D eigenvalue weighted by Crippen LogP contribution is -2.04. The molecule has 0 spiro atoms. The molecule has 0 aliphatic rings. The molecule has 7 nitrogen and oxygen atoms in total. The van der Waals surface area contributed by atoms with E-state index in [1.165, 1.54) is 24.8 Å². The number of aromatic nitrogens is 4. The molecule has 0 amide bonds. The first-order chi connectivity index (χ1) is 8.05. The lowest BCUT2D eigenvalue weighted by Gasteiger charge is -2.03. The molecular weight excluding hydrogens is 242 g/mol. The Bertz CT molecular complexity index is 597. The van der Waals surface area contributed by atoms with E-state index < -0.39 is 9.84 Å². The van der Waals surface area contributed by atoms with E-state index in [-0.39, 0.29) is 5.16 Å². The van der Waals surface area contributed by atoms with Crippen molar-refractivity contribution >= 4 is 21.3 Å². The van der Waals surface area contributed by atoms with E-state index in [0.717, 1.165) is 6.26 Å². The van der Waals surface area contributed by atoms with Crippen molar-refractivity contribution in [2.75, 3.05) is 11.6 Å². The van der Waals surface area contributed by atoms with Gasteiger partial charge in [-0.3, -0.25) is 4.98 Å². The van der Waals surface area contributed by atoms with Gasteiger partial charge in [-0.05, 0) is 0 Å². The molecule has 0 atom stereocenters. The van der Waals surface area contributed by atoms with Gasteiger partial charge in [0.25, 0.3) is 0 Å². The Morgan fingerprint density at radius 1 is 1.06 bits per heavy atom. The van der Waals surface area contributed by atoms with Crippen LogP contribution in [0.1, 0.15) is 0 Å². The minimum Gasteiger partial charge on any atom is -0.336 e. The highest BCUT2D eigenvalue weighted by Gasteiger charge is 2.09. The Morgan fingerprint density at radius 3 is 2.29 bits per heavy atom. The zero-order chi connectivity index (χ0) is 12.3. The van der Waals surface area contributed by atoms with Crippen molar-refractivity contribution in [3.05, 3.63) is 31.0 Å². The van der Waals surface area contributed by atoms with Crippen LogP contribution in [0.25, 0.3) is 0 Å². The normalized spacial score (nSPS) is 11.1. The SMILES string of the molecule is CS(=O)(=O)c1ncc(Nc2cnccn2)cn1. The van der Waals surface area contributed by atoms with E-state index in [4.69, 9.17) is 0 Å². The van der Waals surface area contributed by atoms with Gasteiger partial charge in [-0.1, -0.05) is 0 Å². The summed E-state index contributed by atoms with van der Waals surface area (Å²) in [6.07, 6.45) is 8.42. The average Bonchev–Trinajstić information content (AvgIpc) is 2.30. The van der Waals surface area contributed by atoms with Crippen molar-refractivity contribution in [3.63, 3.8) is 0 Å². The Morgan fingerprint density at radius 2 is 1.76 bits per heavy atom. The number of anilines is 2. The Hall–Kier alpha value is -2.09. The number of hydrogen-bond donors (Lipinski definition) is 1. The number of nitrogens with one attached hydrogen (secondary N) is 1. The lowest BCUT2D eigenvalue weighted by molar-refractivity contribution is 0.593. The molecule has 0 fully saturated rings. The molecule has 17 heavy (non-hydrogen) atoms. The molecule has 0 aliphatic carbocycles. The third-order valence-electron chi connectivity index (χ3n) is 1.80. The molecule has 0 saturated carbocycles. The van der Waals surface area contributed by atoms with Crippen LogP contribution in [0.15, 0.2) is 36.1 Å². The predicted octanol–water partition coefficient (Wildman–Crippen LogP) is 0.414. The van der Waals surface area contributed by atoms with Crippen LogP contribution < -0.4 is 5.32 Å². The van der Waals surface area contributed by atoms with Crippen LogP contribution in [0, 0.1) is 0 Å². The minimum atomic E-state index is -3.37. The van der Waals surface area contributed by atoms with Crippen LogP contribution in [0.3, 0.4) is 0 Å². The third kappa shape index (κ3) is 2.94. The Kier molecular flexibility index (Phi) is 2.96. The summed E-state index contributed by atoms with van der Waals surface area (Å²) >= 11 is 0. The van der Waals surface area contributed by atoms with E-state index in [1.54, 1.807) is 6.20 Å². The largest absolute Gasteiger partial charge is 0.336 e. The Labute approximate surface area is 97.9 Å². The molecule has 8 heteroatoms. The number of sulfone groups is 1. The monoisotopic (exact) mass is 251 g/mol. The van der Waals surface area contributed by atoms with Crippen molar-refractivity contribution in [2.45, 2.75) is 5.16 Å². The van der Waals surface area contributed by atoms with Crippen LogP contribution in [0.4, 0.5) is 11.5 Å².